The molecule has 0 bridgehead atoms. The number of hydrogen-bond donors (Lipinski definition) is 0. The van der Waals surface area contributed by atoms with E-state index >= 15 is 0 Å². The van der Waals surface area contributed by atoms with Gasteiger partial charge in [-0.15, -0.1) is 0 Å². The summed E-state index contributed by atoms with van der Waals surface area (Å²) in [5.74, 6) is 0. The molecule has 1 atom stereocenters. The number of carbonyl (C=O) groups is 1. The SMILES string of the molecule is CC(C)(C)OC(=O)N1CCN(Cc2ccccc2)C[C@H]1CCCO[Si](C)(C)C(C)(C)C. The van der Waals surface area contributed by atoms with E-state index in [4.69, 9.17) is 9.16 Å². The molecule has 2 rings (SSSR count). The van der Waals surface area contributed by atoms with Crippen molar-refractivity contribution >= 4 is 14.4 Å². The Labute approximate surface area is 191 Å². The topological polar surface area (TPSA) is 42.0 Å². The van der Waals surface area contributed by atoms with Crippen molar-refractivity contribution in [3.8, 4) is 0 Å². The van der Waals surface area contributed by atoms with Crippen LogP contribution in [0.25, 0.3) is 0 Å². The highest BCUT2D eigenvalue weighted by Crippen LogP contribution is 2.36. The Kier molecular flexibility index (Phi) is 8.76. The molecule has 5 nitrogen and oxygen atoms in total. The fourth-order valence-electron chi connectivity index (χ4n) is 3.58. The Hall–Kier alpha value is -1.37. The average molecular weight is 449 g/mol. The maximum atomic E-state index is 12.9. The van der Waals surface area contributed by atoms with Gasteiger partial charge in [0.15, 0.2) is 8.32 Å². The molecule has 0 unspecified atom stereocenters. The van der Waals surface area contributed by atoms with E-state index in [-0.39, 0.29) is 17.2 Å². The molecule has 6 heteroatoms. The smallest absolute Gasteiger partial charge is 0.410 e. The highest BCUT2D eigenvalue weighted by molar-refractivity contribution is 6.74. The first-order valence-corrected chi connectivity index (χ1v) is 14.6. The Morgan fingerprint density at radius 3 is 2.29 bits per heavy atom. The first kappa shape index (κ1) is 25.9. The highest BCUT2D eigenvalue weighted by atomic mass is 28.4. The quantitative estimate of drug-likeness (QED) is 0.384. The summed E-state index contributed by atoms with van der Waals surface area (Å²) in [7, 11) is -1.74. The zero-order valence-corrected chi connectivity index (χ0v) is 22.0. The highest BCUT2D eigenvalue weighted by Gasteiger charge is 2.37. The van der Waals surface area contributed by atoms with Crippen LogP contribution in [-0.2, 0) is 15.7 Å². The van der Waals surface area contributed by atoms with Crippen LogP contribution in [0, 0.1) is 0 Å². The molecule has 1 aliphatic heterocycles. The largest absolute Gasteiger partial charge is 0.444 e. The lowest BCUT2D eigenvalue weighted by molar-refractivity contribution is -0.00465. The molecule has 176 valence electrons. The van der Waals surface area contributed by atoms with E-state index in [1.165, 1.54) is 5.56 Å². The van der Waals surface area contributed by atoms with E-state index in [0.29, 0.717) is 6.54 Å². The van der Waals surface area contributed by atoms with Crippen molar-refractivity contribution in [2.45, 2.75) is 90.7 Å². The lowest BCUT2D eigenvalue weighted by atomic mass is 10.1. The number of ether oxygens (including phenoxy) is 1. The second kappa shape index (κ2) is 10.5. The molecule has 0 N–H and O–H groups in total. The van der Waals surface area contributed by atoms with E-state index in [9.17, 15) is 4.79 Å². The van der Waals surface area contributed by atoms with Gasteiger partial charge >= 0.3 is 6.09 Å². The minimum Gasteiger partial charge on any atom is -0.444 e. The van der Waals surface area contributed by atoms with E-state index in [2.05, 4.69) is 69.1 Å². The van der Waals surface area contributed by atoms with Crippen molar-refractivity contribution in [3.05, 3.63) is 35.9 Å². The van der Waals surface area contributed by atoms with Crippen LogP contribution in [0.5, 0.6) is 0 Å². The van der Waals surface area contributed by atoms with Crippen molar-refractivity contribution in [2.24, 2.45) is 0 Å². The van der Waals surface area contributed by atoms with Crippen LogP contribution in [-0.4, -0.2) is 62.1 Å². The molecule has 1 aliphatic rings. The Morgan fingerprint density at radius 2 is 1.71 bits per heavy atom. The number of piperazine rings is 1. The van der Waals surface area contributed by atoms with Gasteiger partial charge in [0.05, 0.1) is 0 Å². The molecule has 1 fully saturated rings. The Morgan fingerprint density at radius 1 is 1.06 bits per heavy atom. The lowest BCUT2D eigenvalue weighted by Crippen LogP contribution is -2.55. The van der Waals surface area contributed by atoms with Crippen LogP contribution in [0.4, 0.5) is 4.79 Å². The minimum atomic E-state index is -1.74. The molecule has 1 aromatic rings. The average Bonchev–Trinajstić information content (AvgIpc) is 2.64. The standard InChI is InChI=1S/C25H44N2O3Si/c1-24(2,3)30-23(28)27-17-16-26(19-21-13-10-9-11-14-21)20-22(27)15-12-18-29-31(7,8)25(4,5)6/h9-11,13-14,22H,12,15-20H2,1-8H3/t22-/m1/s1. The molecular formula is C25H44N2O3Si. The lowest BCUT2D eigenvalue weighted by Gasteiger charge is -2.42. The van der Waals surface area contributed by atoms with Gasteiger partial charge in [0.1, 0.15) is 5.60 Å². The molecule has 1 saturated heterocycles. The fraction of sp³-hybridized carbons (Fsp3) is 0.720. The third-order valence-electron chi connectivity index (χ3n) is 6.39. The summed E-state index contributed by atoms with van der Waals surface area (Å²) < 4.78 is 12.1. The van der Waals surface area contributed by atoms with E-state index in [1.54, 1.807) is 0 Å². The van der Waals surface area contributed by atoms with Crippen molar-refractivity contribution in [1.82, 2.24) is 9.80 Å². The molecule has 0 spiro atoms. The summed E-state index contributed by atoms with van der Waals surface area (Å²) in [6, 6.07) is 10.7. The first-order chi connectivity index (χ1) is 14.3. The zero-order valence-electron chi connectivity index (χ0n) is 21.0. The van der Waals surface area contributed by atoms with Crippen molar-refractivity contribution < 1.29 is 14.0 Å². The minimum absolute atomic E-state index is 0.148. The second-order valence-corrected chi connectivity index (χ2v) is 16.1. The van der Waals surface area contributed by atoms with Crippen molar-refractivity contribution in [2.75, 3.05) is 26.2 Å². The second-order valence-electron chi connectivity index (χ2n) is 11.3. The predicted octanol–water partition coefficient (Wildman–Crippen LogP) is 5.91. The van der Waals surface area contributed by atoms with Gasteiger partial charge in [-0.3, -0.25) is 4.90 Å². The fourth-order valence-corrected chi connectivity index (χ4v) is 4.66. The van der Waals surface area contributed by atoms with Gasteiger partial charge in [-0.25, -0.2) is 4.79 Å². The predicted molar refractivity (Wildman–Crippen MR) is 131 cm³/mol. The van der Waals surface area contributed by atoms with Crippen LogP contribution in [0.1, 0.15) is 59.9 Å². The van der Waals surface area contributed by atoms with Gasteiger partial charge in [-0.2, -0.15) is 0 Å². The Balaban J connectivity index is 1.99. The van der Waals surface area contributed by atoms with Crippen molar-refractivity contribution in [3.63, 3.8) is 0 Å². The molecular weight excluding hydrogens is 404 g/mol. The van der Waals surface area contributed by atoms with Crippen LogP contribution in [0.3, 0.4) is 0 Å². The maximum Gasteiger partial charge on any atom is 0.410 e. The molecule has 31 heavy (non-hydrogen) atoms. The van der Waals surface area contributed by atoms with Crippen LogP contribution in [0.2, 0.25) is 18.1 Å². The number of benzene rings is 1. The van der Waals surface area contributed by atoms with E-state index in [0.717, 1.165) is 39.1 Å². The van der Waals surface area contributed by atoms with Gasteiger partial charge in [0.2, 0.25) is 0 Å². The normalized spacial score (nSPS) is 18.8. The number of carbonyl (C=O) groups excluding carboxylic acids is 1. The van der Waals surface area contributed by atoms with Crippen LogP contribution >= 0.6 is 0 Å². The van der Waals surface area contributed by atoms with Gasteiger partial charge in [-0.1, -0.05) is 51.1 Å². The molecule has 1 amide bonds. The summed E-state index contributed by atoms with van der Waals surface area (Å²) in [6.45, 7) is 21.3. The van der Waals surface area contributed by atoms with Gasteiger partial charge in [-0.05, 0) is 57.3 Å². The summed E-state index contributed by atoms with van der Waals surface area (Å²) in [5.41, 5.74) is 0.835. The molecule has 0 saturated carbocycles. The number of hydrogen-bond acceptors (Lipinski definition) is 4. The summed E-state index contributed by atoms with van der Waals surface area (Å²) in [4.78, 5) is 17.3. The molecule has 0 aromatic heterocycles. The molecule has 0 aliphatic carbocycles. The molecule has 0 radical (unpaired) electrons. The zero-order chi connectivity index (χ0) is 23.3. The summed E-state index contributed by atoms with van der Waals surface area (Å²) in [5, 5.41) is 0.215. The molecule has 1 aromatic carbocycles. The van der Waals surface area contributed by atoms with E-state index in [1.807, 2.05) is 25.7 Å². The monoisotopic (exact) mass is 448 g/mol. The Bertz CT molecular complexity index is 695. The van der Waals surface area contributed by atoms with E-state index < -0.39 is 13.9 Å². The van der Waals surface area contributed by atoms with Gasteiger partial charge < -0.3 is 14.1 Å². The number of nitrogens with zero attached hydrogens (tertiary/aromatic N) is 2. The molecule has 1 heterocycles. The number of rotatable bonds is 7. The summed E-state index contributed by atoms with van der Waals surface area (Å²) >= 11 is 0. The van der Waals surface area contributed by atoms with Gasteiger partial charge in [0.25, 0.3) is 0 Å². The third kappa shape index (κ3) is 8.24. The third-order valence-corrected chi connectivity index (χ3v) is 10.9. The van der Waals surface area contributed by atoms with Crippen LogP contribution < -0.4 is 0 Å². The maximum absolute atomic E-state index is 12.9. The van der Waals surface area contributed by atoms with Crippen LogP contribution in [0.15, 0.2) is 30.3 Å². The number of amides is 1. The van der Waals surface area contributed by atoms with Gasteiger partial charge in [0, 0.05) is 38.8 Å². The first-order valence-electron chi connectivity index (χ1n) is 11.7. The summed E-state index contributed by atoms with van der Waals surface area (Å²) in [6.07, 6.45) is 1.69. The van der Waals surface area contributed by atoms with Crippen molar-refractivity contribution in [1.29, 1.82) is 0 Å².